The second-order valence-corrected chi connectivity index (χ2v) is 8.00. The van der Waals surface area contributed by atoms with Gasteiger partial charge in [-0.1, -0.05) is 36.8 Å². The smallest absolute Gasteiger partial charge is 0.223 e. The van der Waals surface area contributed by atoms with Gasteiger partial charge in [-0.05, 0) is 31.7 Å². The summed E-state index contributed by atoms with van der Waals surface area (Å²) in [6, 6.07) is 10.3. The summed E-state index contributed by atoms with van der Waals surface area (Å²) >= 11 is 0. The molecule has 0 bridgehead atoms. The molecule has 0 aromatic heterocycles. The second kappa shape index (κ2) is 12.4. The Kier molecular flexibility index (Phi) is 10.2. The van der Waals surface area contributed by atoms with Crippen molar-refractivity contribution >= 4 is 35.8 Å². The van der Waals surface area contributed by atoms with Crippen molar-refractivity contribution in [3.8, 4) is 0 Å². The minimum Gasteiger partial charge on any atom is -0.393 e. The molecule has 1 aliphatic carbocycles. The molecule has 3 atom stereocenters. The Morgan fingerprint density at radius 1 is 1.24 bits per heavy atom. The molecule has 3 unspecified atom stereocenters. The zero-order chi connectivity index (χ0) is 19.8. The van der Waals surface area contributed by atoms with Crippen molar-refractivity contribution in [2.45, 2.75) is 45.1 Å². The Morgan fingerprint density at radius 2 is 2.03 bits per heavy atom. The van der Waals surface area contributed by atoms with E-state index in [1.165, 1.54) is 5.56 Å². The number of likely N-dealkylation sites (tertiary alicyclic amines) is 1. The van der Waals surface area contributed by atoms with Crippen LogP contribution < -0.4 is 10.6 Å². The van der Waals surface area contributed by atoms with Gasteiger partial charge in [0.15, 0.2) is 5.96 Å². The summed E-state index contributed by atoms with van der Waals surface area (Å²) in [5, 5.41) is 16.6. The van der Waals surface area contributed by atoms with E-state index in [1.807, 2.05) is 30.0 Å². The third-order valence-corrected chi connectivity index (χ3v) is 5.81. The molecular formula is C22H35IN4O2. The lowest BCUT2D eigenvalue weighted by molar-refractivity contribution is -0.127. The molecule has 1 aromatic rings. The number of carbonyl (C=O) groups excluding carboxylic acids is 1. The Morgan fingerprint density at radius 3 is 2.72 bits per heavy atom. The maximum atomic E-state index is 12.3. The van der Waals surface area contributed by atoms with E-state index in [0.29, 0.717) is 18.9 Å². The van der Waals surface area contributed by atoms with Gasteiger partial charge in [-0.15, -0.1) is 24.0 Å². The van der Waals surface area contributed by atoms with Crippen LogP contribution in [0.3, 0.4) is 0 Å². The first-order chi connectivity index (χ1) is 13.7. The molecular weight excluding hydrogens is 479 g/mol. The molecule has 1 saturated carbocycles. The van der Waals surface area contributed by atoms with Gasteiger partial charge in [0.1, 0.15) is 0 Å². The van der Waals surface area contributed by atoms with E-state index in [1.54, 1.807) is 0 Å². The predicted octanol–water partition coefficient (Wildman–Crippen LogP) is 2.41. The number of halogens is 1. The number of aliphatic imine (C=N–C) groups is 1. The molecule has 162 valence electrons. The van der Waals surface area contributed by atoms with Crippen LogP contribution in [0.2, 0.25) is 0 Å². The van der Waals surface area contributed by atoms with Crippen LogP contribution in [-0.2, 0) is 11.2 Å². The lowest BCUT2D eigenvalue weighted by atomic mass is 10.1. The number of hydrogen-bond acceptors (Lipinski definition) is 3. The minimum atomic E-state index is -0.194. The molecule has 6 nitrogen and oxygen atoms in total. The lowest BCUT2D eigenvalue weighted by Gasteiger charge is -2.18. The third-order valence-electron chi connectivity index (χ3n) is 5.81. The van der Waals surface area contributed by atoms with Crippen molar-refractivity contribution in [1.29, 1.82) is 0 Å². The van der Waals surface area contributed by atoms with Gasteiger partial charge in [0.2, 0.25) is 5.91 Å². The Labute approximate surface area is 191 Å². The van der Waals surface area contributed by atoms with Crippen molar-refractivity contribution in [3.63, 3.8) is 0 Å². The monoisotopic (exact) mass is 514 g/mol. The number of carbonyl (C=O) groups is 1. The molecule has 3 rings (SSSR count). The molecule has 1 saturated heterocycles. The summed E-state index contributed by atoms with van der Waals surface area (Å²) in [7, 11) is 0. The average Bonchev–Trinajstić information content (AvgIpc) is 3.28. The van der Waals surface area contributed by atoms with Crippen LogP contribution in [0.1, 0.15) is 38.2 Å². The number of nitrogens with one attached hydrogen (secondary N) is 2. The van der Waals surface area contributed by atoms with Gasteiger partial charge >= 0.3 is 0 Å². The number of rotatable bonds is 8. The zero-order valence-electron chi connectivity index (χ0n) is 17.3. The van der Waals surface area contributed by atoms with E-state index < -0.39 is 0 Å². The standard InChI is InChI=1S/C22H34N4O2.HI/c1-2-23-22(25-15-19-9-6-10-20(19)27)24-14-18-13-21(28)26(16-18)12-11-17-7-4-3-5-8-17;/h3-5,7-8,18-20,27H,2,6,9-16H2,1H3,(H2,23,24,25);1H. The largest absolute Gasteiger partial charge is 0.393 e. The molecule has 0 spiro atoms. The number of nitrogens with zero attached hydrogens (tertiary/aromatic N) is 2. The molecule has 1 heterocycles. The van der Waals surface area contributed by atoms with Crippen LogP contribution >= 0.6 is 24.0 Å². The fraction of sp³-hybridized carbons (Fsp3) is 0.636. The minimum absolute atomic E-state index is 0. The van der Waals surface area contributed by atoms with Crippen molar-refractivity contribution in [2.24, 2.45) is 16.8 Å². The zero-order valence-corrected chi connectivity index (χ0v) is 19.7. The van der Waals surface area contributed by atoms with Crippen molar-refractivity contribution in [3.05, 3.63) is 35.9 Å². The highest BCUT2D eigenvalue weighted by molar-refractivity contribution is 14.0. The molecule has 29 heavy (non-hydrogen) atoms. The van der Waals surface area contributed by atoms with E-state index >= 15 is 0 Å². The summed E-state index contributed by atoms with van der Waals surface area (Å²) < 4.78 is 0. The van der Waals surface area contributed by atoms with Gasteiger partial charge in [-0.2, -0.15) is 0 Å². The first-order valence-corrected chi connectivity index (χ1v) is 10.7. The summed E-state index contributed by atoms with van der Waals surface area (Å²) in [4.78, 5) is 19.0. The molecule has 2 aliphatic rings. The van der Waals surface area contributed by atoms with Crippen LogP contribution in [0.5, 0.6) is 0 Å². The average molecular weight is 514 g/mol. The summed E-state index contributed by atoms with van der Waals surface area (Å²) in [6.45, 7) is 5.81. The van der Waals surface area contributed by atoms with Gasteiger partial charge in [-0.3, -0.25) is 9.79 Å². The van der Waals surface area contributed by atoms with Gasteiger partial charge in [0, 0.05) is 51.0 Å². The highest BCUT2D eigenvalue weighted by Crippen LogP contribution is 2.24. The maximum Gasteiger partial charge on any atom is 0.223 e. The van der Waals surface area contributed by atoms with Gasteiger partial charge in [-0.25, -0.2) is 0 Å². The fourth-order valence-electron chi connectivity index (χ4n) is 4.15. The molecule has 1 aliphatic heterocycles. The van der Waals surface area contributed by atoms with Gasteiger partial charge < -0.3 is 20.6 Å². The Hall–Kier alpha value is -1.35. The Bertz CT molecular complexity index is 655. The maximum absolute atomic E-state index is 12.3. The molecule has 2 fully saturated rings. The van der Waals surface area contributed by atoms with Crippen LogP contribution in [0, 0.1) is 11.8 Å². The molecule has 1 amide bonds. The number of benzene rings is 1. The number of amides is 1. The summed E-state index contributed by atoms with van der Waals surface area (Å²) in [5.74, 6) is 1.61. The topological polar surface area (TPSA) is 77.0 Å². The van der Waals surface area contributed by atoms with Crippen molar-refractivity contribution in [1.82, 2.24) is 15.5 Å². The first kappa shape index (κ1) is 23.9. The normalized spacial score (nSPS) is 24.5. The predicted molar refractivity (Wildman–Crippen MR) is 128 cm³/mol. The van der Waals surface area contributed by atoms with Crippen LogP contribution in [0.25, 0.3) is 0 Å². The Balaban J connectivity index is 0.00000300. The molecule has 7 heteroatoms. The SMILES string of the molecule is CCNC(=NCC1CC(=O)N(CCc2ccccc2)C1)NCC1CCCC1O.I. The quantitative estimate of drug-likeness (QED) is 0.283. The van der Waals surface area contributed by atoms with E-state index in [0.717, 1.165) is 57.8 Å². The molecule has 3 N–H and O–H groups in total. The van der Waals surface area contributed by atoms with E-state index in [-0.39, 0.29) is 41.9 Å². The number of aliphatic hydroxyl groups excluding tert-OH is 1. The number of hydrogen-bond donors (Lipinski definition) is 3. The number of aliphatic hydroxyl groups is 1. The third kappa shape index (κ3) is 7.44. The molecule has 0 radical (unpaired) electrons. The highest BCUT2D eigenvalue weighted by atomic mass is 127. The van der Waals surface area contributed by atoms with Crippen LogP contribution in [0.4, 0.5) is 0 Å². The highest BCUT2D eigenvalue weighted by Gasteiger charge is 2.29. The van der Waals surface area contributed by atoms with Crippen LogP contribution in [-0.4, -0.2) is 60.7 Å². The lowest BCUT2D eigenvalue weighted by Crippen LogP contribution is -2.41. The van der Waals surface area contributed by atoms with E-state index in [2.05, 4.69) is 22.8 Å². The van der Waals surface area contributed by atoms with Crippen molar-refractivity contribution in [2.75, 3.05) is 32.7 Å². The summed E-state index contributed by atoms with van der Waals surface area (Å²) in [5.41, 5.74) is 1.27. The number of guanidine groups is 1. The second-order valence-electron chi connectivity index (χ2n) is 8.00. The van der Waals surface area contributed by atoms with Gasteiger partial charge in [0.05, 0.1) is 6.10 Å². The van der Waals surface area contributed by atoms with E-state index in [9.17, 15) is 9.90 Å². The van der Waals surface area contributed by atoms with Crippen molar-refractivity contribution < 1.29 is 9.90 Å². The van der Waals surface area contributed by atoms with Gasteiger partial charge in [0.25, 0.3) is 0 Å². The fourth-order valence-corrected chi connectivity index (χ4v) is 4.15. The van der Waals surface area contributed by atoms with Crippen LogP contribution in [0.15, 0.2) is 35.3 Å². The molecule has 1 aromatic carbocycles. The summed E-state index contributed by atoms with van der Waals surface area (Å²) in [6.07, 6.45) is 4.37. The van der Waals surface area contributed by atoms with E-state index in [4.69, 9.17) is 4.99 Å². The first-order valence-electron chi connectivity index (χ1n) is 10.7.